The molecule has 2 aromatic carbocycles. The second-order valence-electron chi connectivity index (χ2n) is 10.0. The van der Waals surface area contributed by atoms with Gasteiger partial charge in [0.25, 0.3) is 0 Å². The number of hydrogen-bond acceptors (Lipinski definition) is 7. The number of amides is 2. The summed E-state index contributed by atoms with van der Waals surface area (Å²) < 4.78 is 15.5. The van der Waals surface area contributed by atoms with Crippen LogP contribution in [0.25, 0.3) is 10.9 Å². The summed E-state index contributed by atoms with van der Waals surface area (Å²) in [6, 6.07) is 14.6. The van der Waals surface area contributed by atoms with Crippen LogP contribution in [0.4, 0.5) is 4.79 Å². The SMILES string of the molecule is COC(=O)C(Cc1c[nH]c2ccccc12)NC(=O)C(CCC(=O)OCc1ccccc1)NC(=O)OC(C)(C)C. The van der Waals surface area contributed by atoms with Crippen molar-refractivity contribution in [2.24, 2.45) is 0 Å². The second-order valence-corrected chi connectivity index (χ2v) is 10.0. The van der Waals surface area contributed by atoms with E-state index in [4.69, 9.17) is 14.2 Å². The third kappa shape index (κ3) is 9.17. The molecular formula is C29H35N3O7. The van der Waals surface area contributed by atoms with Gasteiger partial charge in [-0.3, -0.25) is 9.59 Å². The summed E-state index contributed by atoms with van der Waals surface area (Å²) in [4.78, 5) is 53.9. The lowest BCUT2D eigenvalue weighted by molar-refractivity contribution is -0.146. The fraction of sp³-hybridized carbons (Fsp3) is 0.379. The lowest BCUT2D eigenvalue weighted by Crippen LogP contribution is -2.53. The van der Waals surface area contributed by atoms with Crippen molar-refractivity contribution >= 4 is 34.8 Å². The van der Waals surface area contributed by atoms with E-state index in [2.05, 4.69) is 15.6 Å². The van der Waals surface area contributed by atoms with E-state index in [1.165, 1.54) is 7.11 Å². The molecule has 0 saturated heterocycles. The summed E-state index contributed by atoms with van der Waals surface area (Å²) in [5.74, 6) is -1.84. The molecule has 0 spiro atoms. The third-order valence-corrected chi connectivity index (χ3v) is 5.79. The topological polar surface area (TPSA) is 136 Å². The van der Waals surface area contributed by atoms with Gasteiger partial charge in [0.05, 0.1) is 7.11 Å². The van der Waals surface area contributed by atoms with E-state index in [1.54, 1.807) is 27.0 Å². The van der Waals surface area contributed by atoms with E-state index in [9.17, 15) is 19.2 Å². The van der Waals surface area contributed by atoms with Crippen molar-refractivity contribution < 1.29 is 33.4 Å². The number of alkyl carbamates (subject to hydrolysis) is 1. The van der Waals surface area contributed by atoms with Crippen LogP contribution in [0, 0.1) is 0 Å². The molecule has 1 heterocycles. The number of ether oxygens (including phenoxy) is 3. The Morgan fingerprint density at radius 2 is 1.62 bits per heavy atom. The minimum absolute atomic E-state index is 0.0698. The van der Waals surface area contributed by atoms with E-state index in [1.807, 2.05) is 54.6 Å². The minimum Gasteiger partial charge on any atom is -0.467 e. The molecule has 3 rings (SSSR count). The third-order valence-electron chi connectivity index (χ3n) is 5.79. The predicted molar refractivity (Wildman–Crippen MR) is 145 cm³/mol. The highest BCUT2D eigenvalue weighted by molar-refractivity contribution is 5.91. The maximum absolute atomic E-state index is 13.3. The van der Waals surface area contributed by atoms with Gasteiger partial charge in [0.1, 0.15) is 24.3 Å². The number of fused-ring (bicyclic) bond motifs is 1. The van der Waals surface area contributed by atoms with Crippen LogP contribution < -0.4 is 10.6 Å². The molecule has 3 aromatic rings. The number of hydrogen-bond donors (Lipinski definition) is 3. The fourth-order valence-corrected chi connectivity index (χ4v) is 3.92. The minimum atomic E-state index is -1.17. The standard InChI is InChI=1S/C29H35N3O7/c1-29(2,3)39-28(36)32-23(14-15-25(33)38-18-19-10-6-5-7-11-19)26(34)31-24(27(35)37-4)16-20-17-30-22-13-9-8-12-21(20)22/h5-13,17,23-24,30H,14-16,18H2,1-4H3,(H,31,34)(H,32,36). The number of para-hydroxylation sites is 1. The maximum Gasteiger partial charge on any atom is 0.408 e. The molecule has 0 saturated carbocycles. The van der Waals surface area contributed by atoms with Gasteiger partial charge < -0.3 is 29.8 Å². The molecule has 10 heteroatoms. The number of aromatic nitrogens is 1. The Morgan fingerprint density at radius 1 is 0.923 bits per heavy atom. The summed E-state index contributed by atoms with van der Waals surface area (Å²) in [7, 11) is 1.23. The van der Waals surface area contributed by atoms with Gasteiger partial charge in [-0.05, 0) is 44.4 Å². The Morgan fingerprint density at radius 3 is 2.31 bits per heavy atom. The number of aromatic amines is 1. The second kappa shape index (κ2) is 13.5. The zero-order chi connectivity index (χ0) is 28.4. The average Bonchev–Trinajstić information content (AvgIpc) is 3.31. The summed E-state index contributed by atoms with van der Waals surface area (Å²) in [5.41, 5.74) is 1.72. The maximum atomic E-state index is 13.3. The highest BCUT2D eigenvalue weighted by Gasteiger charge is 2.30. The van der Waals surface area contributed by atoms with Gasteiger partial charge in [-0.2, -0.15) is 0 Å². The lowest BCUT2D eigenvalue weighted by Gasteiger charge is -2.24. The van der Waals surface area contributed by atoms with Gasteiger partial charge in [-0.25, -0.2) is 9.59 Å². The largest absolute Gasteiger partial charge is 0.467 e. The van der Waals surface area contributed by atoms with Gasteiger partial charge in [0.15, 0.2) is 0 Å². The summed E-state index contributed by atoms with van der Waals surface area (Å²) >= 11 is 0. The molecule has 3 N–H and O–H groups in total. The Balaban J connectivity index is 1.70. The number of carbonyl (C=O) groups excluding carboxylic acids is 4. The van der Waals surface area contributed by atoms with Gasteiger partial charge >= 0.3 is 18.0 Å². The molecule has 0 aliphatic rings. The van der Waals surface area contributed by atoms with Gasteiger partial charge in [-0.15, -0.1) is 0 Å². The van der Waals surface area contributed by atoms with Crippen molar-refractivity contribution in [1.29, 1.82) is 0 Å². The number of rotatable bonds is 11. The van der Waals surface area contributed by atoms with Crippen LogP contribution in [-0.4, -0.2) is 53.7 Å². The average molecular weight is 538 g/mol. The molecule has 10 nitrogen and oxygen atoms in total. The molecule has 0 bridgehead atoms. The van der Waals surface area contributed by atoms with Crippen molar-refractivity contribution in [3.05, 3.63) is 71.9 Å². The Kier molecular flexibility index (Phi) is 10.1. The van der Waals surface area contributed by atoms with Gasteiger partial charge in [0, 0.05) is 29.9 Å². The number of methoxy groups -OCH3 is 1. The molecular weight excluding hydrogens is 502 g/mol. The van der Waals surface area contributed by atoms with Crippen molar-refractivity contribution in [2.45, 2.75) is 64.3 Å². The molecule has 1 aromatic heterocycles. The van der Waals surface area contributed by atoms with E-state index in [0.29, 0.717) is 0 Å². The monoisotopic (exact) mass is 537 g/mol. The summed E-state index contributed by atoms with van der Waals surface area (Å²) in [5, 5.41) is 6.09. The van der Waals surface area contributed by atoms with Crippen molar-refractivity contribution in [1.82, 2.24) is 15.6 Å². The van der Waals surface area contributed by atoms with Crippen LogP contribution in [0.3, 0.4) is 0 Å². The van der Waals surface area contributed by atoms with E-state index in [0.717, 1.165) is 22.0 Å². The predicted octanol–water partition coefficient (Wildman–Crippen LogP) is 3.79. The van der Waals surface area contributed by atoms with Crippen LogP contribution in [-0.2, 0) is 41.6 Å². The van der Waals surface area contributed by atoms with Crippen LogP contribution in [0.15, 0.2) is 60.8 Å². The first kappa shape index (κ1) is 29.2. The van der Waals surface area contributed by atoms with E-state index >= 15 is 0 Å². The highest BCUT2D eigenvalue weighted by atomic mass is 16.6. The highest BCUT2D eigenvalue weighted by Crippen LogP contribution is 2.19. The Hall–Kier alpha value is -4.34. The van der Waals surface area contributed by atoms with Gasteiger partial charge in [-0.1, -0.05) is 48.5 Å². The van der Waals surface area contributed by atoms with Crippen LogP contribution in [0.5, 0.6) is 0 Å². The number of esters is 2. The molecule has 39 heavy (non-hydrogen) atoms. The first-order valence-electron chi connectivity index (χ1n) is 12.7. The van der Waals surface area contributed by atoms with Crippen molar-refractivity contribution in [2.75, 3.05) is 7.11 Å². The zero-order valence-electron chi connectivity index (χ0n) is 22.6. The van der Waals surface area contributed by atoms with Crippen LogP contribution in [0.2, 0.25) is 0 Å². The first-order valence-corrected chi connectivity index (χ1v) is 12.7. The molecule has 0 radical (unpaired) electrons. The molecule has 208 valence electrons. The Labute approximate surface area is 227 Å². The molecule has 0 fully saturated rings. The molecule has 2 amide bonds. The summed E-state index contributed by atoms with van der Waals surface area (Å²) in [6.45, 7) is 5.16. The van der Waals surface area contributed by atoms with E-state index in [-0.39, 0.29) is 25.9 Å². The fourth-order valence-electron chi connectivity index (χ4n) is 3.92. The number of H-pyrrole nitrogens is 1. The number of carbonyl (C=O) groups is 4. The number of benzene rings is 2. The lowest BCUT2D eigenvalue weighted by atomic mass is 10.0. The normalized spacial score (nSPS) is 12.7. The number of nitrogens with one attached hydrogen (secondary N) is 3. The molecule has 2 atom stereocenters. The van der Waals surface area contributed by atoms with Crippen LogP contribution in [0.1, 0.15) is 44.7 Å². The van der Waals surface area contributed by atoms with E-state index < -0.39 is 41.6 Å². The first-order chi connectivity index (χ1) is 18.6. The smallest absolute Gasteiger partial charge is 0.408 e. The quantitative estimate of drug-likeness (QED) is 0.250. The molecule has 0 aliphatic carbocycles. The molecule has 0 aliphatic heterocycles. The summed E-state index contributed by atoms with van der Waals surface area (Å²) in [6.07, 6.45) is 0.879. The van der Waals surface area contributed by atoms with Crippen LogP contribution >= 0.6 is 0 Å². The Bertz CT molecular complexity index is 1280. The van der Waals surface area contributed by atoms with Crippen molar-refractivity contribution in [3.63, 3.8) is 0 Å². The van der Waals surface area contributed by atoms with Gasteiger partial charge in [0.2, 0.25) is 5.91 Å². The zero-order valence-corrected chi connectivity index (χ0v) is 22.6. The molecule has 2 unspecified atom stereocenters. The van der Waals surface area contributed by atoms with Crippen molar-refractivity contribution in [3.8, 4) is 0 Å².